The second-order valence-corrected chi connectivity index (χ2v) is 7.74. The van der Waals surface area contributed by atoms with Crippen molar-refractivity contribution in [1.29, 1.82) is 0 Å². The molecule has 3 heteroatoms. The van der Waals surface area contributed by atoms with Crippen molar-refractivity contribution in [2.75, 3.05) is 23.7 Å². The molecule has 1 aromatic carbocycles. The van der Waals surface area contributed by atoms with Crippen LogP contribution in [-0.4, -0.2) is 18.4 Å². The maximum atomic E-state index is 5.89. The van der Waals surface area contributed by atoms with Crippen molar-refractivity contribution in [2.45, 2.75) is 4.90 Å². The molecule has 12 heavy (non-hydrogen) atoms. The van der Waals surface area contributed by atoms with Gasteiger partial charge in [0.15, 0.2) is 0 Å². The Balaban J connectivity index is 2.55. The number of hydrogen-bond acceptors (Lipinski definition) is 1. The number of anilines is 1. The molecule has 0 bridgehead atoms. The van der Waals surface area contributed by atoms with Gasteiger partial charge in [0.05, 0.1) is 0 Å². The summed E-state index contributed by atoms with van der Waals surface area (Å²) in [7, 11) is -0.592. The second kappa shape index (κ2) is 2.57. The largest absolute Gasteiger partial charge is 0.376 e. The molecular formula is C9H12ClNS. The summed E-state index contributed by atoms with van der Waals surface area (Å²) in [5, 5.41) is 4.20. The van der Waals surface area contributed by atoms with E-state index < -0.39 is 10.0 Å². The Bertz CT molecular complexity index is 322. The van der Waals surface area contributed by atoms with Crippen LogP contribution in [0.5, 0.6) is 0 Å². The van der Waals surface area contributed by atoms with Crippen LogP contribution < -0.4 is 5.32 Å². The van der Waals surface area contributed by atoms with E-state index in [9.17, 15) is 0 Å². The van der Waals surface area contributed by atoms with E-state index in [0.29, 0.717) is 0 Å². The molecule has 0 saturated carbocycles. The third-order valence-electron chi connectivity index (χ3n) is 2.16. The van der Waals surface area contributed by atoms with Gasteiger partial charge in [-0.25, -0.2) is 10.0 Å². The first-order chi connectivity index (χ1) is 5.59. The molecule has 0 aliphatic carbocycles. The lowest BCUT2D eigenvalue weighted by atomic mass is 10.3. The summed E-state index contributed by atoms with van der Waals surface area (Å²) in [6.07, 6.45) is 4.64. The summed E-state index contributed by atoms with van der Waals surface area (Å²) < 4.78 is 0. The zero-order valence-electron chi connectivity index (χ0n) is 7.23. The van der Waals surface area contributed by atoms with Crippen molar-refractivity contribution in [3.63, 3.8) is 0 Å². The average molecular weight is 202 g/mol. The molecule has 1 aliphatic heterocycles. The number of nitrogens with one attached hydrogen (secondary N) is 1. The molecule has 0 spiro atoms. The van der Waals surface area contributed by atoms with Gasteiger partial charge in [-0.1, -0.05) is 11.6 Å². The van der Waals surface area contributed by atoms with E-state index in [1.165, 1.54) is 10.6 Å². The second-order valence-electron chi connectivity index (χ2n) is 3.50. The molecule has 1 N–H and O–H groups in total. The minimum absolute atomic E-state index is 0.592. The van der Waals surface area contributed by atoms with Gasteiger partial charge < -0.3 is 5.32 Å². The van der Waals surface area contributed by atoms with E-state index in [0.717, 1.165) is 10.9 Å². The monoisotopic (exact) mass is 201 g/mol. The molecule has 1 aromatic rings. The van der Waals surface area contributed by atoms with Crippen molar-refractivity contribution in [2.24, 2.45) is 0 Å². The first kappa shape index (κ1) is 8.27. The molecule has 2 rings (SSSR count). The average Bonchev–Trinajstić information content (AvgIpc) is 2.27. The minimum atomic E-state index is -0.592. The van der Waals surface area contributed by atoms with Gasteiger partial charge in [0, 0.05) is 21.5 Å². The van der Waals surface area contributed by atoms with Gasteiger partial charge in [-0.05, 0) is 30.7 Å². The number of benzene rings is 1. The quantitative estimate of drug-likeness (QED) is 0.680. The van der Waals surface area contributed by atoms with E-state index in [4.69, 9.17) is 11.6 Å². The highest BCUT2D eigenvalue weighted by Gasteiger charge is 2.24. The summed E-state index contributed by atoms with van der Waals surface area (Å²) in [4.78, 5) is 1.45. The molecule has 0 amide bonds. The zero-order valence-corrected chi connectivity index (χ0v) is 8.80. The number of hydrogen-bond donors (Lipinski definition) is 1. The lowest BCUT2D eigenvalue weighted by Crippen LogP contribution is -1.98. The Kier molecular flexibility index (Phi) is 1.77. The fourth-order valence-corrected chi connectivity index (χ4v) is 3.46. The lowest BCUT2D eigenvalue weighted by Gasteiger charge is -2.23. The van der Waals surface area contributed by atoms with E-state index >= 15 is 0 Å². The Labute approximate surface area is 79.4 Å². The summed E-state index contributed by atoms with van der Waals surface area (Å²) in [6.45, 7) is 0. The summed E-state index contributed by atoms with van der Waals surface area (Å²) in [5.41, 5.74) is 1.22. The number of rotatable bonds is 0. The van der Waals surface area contributed by atoms with Crippen molar-refractivity contribution in [3.8, 4) is 0 Å². The van der Waals surface area contributed by atoms with Crippen LogP contribution in [0.15, 0.2) is 23.1 Å². The third-order valence-corrected chi connectivity index (χ3v) is 4.81. The first-order valence-corrected chi connectivity index (χ1v) is 6.84. The van der Waals surface area contributed by atoms with Crippen LogP contribution in [0.25, 0.3) is 0 Å². The maximum Gasteiger partial charge on any atom is 0.0491 e. The van der Waals surface area contributed by atoms with Gasteiger partial charge in [-0.2, -0.15) is 0 Å². The Morgan fingerprint density at radius 3 is 2.92 bits per heavy atom. The standard InChI is InChI=1S/C9H12ClNS/c1-12(2)6-11-8-5-7(10)3-4-9(8)12/h3-5,11H,6H2,1-2H3. The van der Waals surface area contributed by atoms with Crippen molar-refractivity contribution < 1.29 is 0 Å². The van der Waals surface area contributed by atoms with E-state index in [-0.39, 0.29) is 0 Å². The minimum Gasteiger partial charge on any atom is -0.376 e. The van der Waals surface area contributed by atoms with Crippen molar-refractivity contribution >= 4 is 27.3 Å². The molecule has 66 valence electrons. The van der Waals surface area contributed by atoms with Crippen molar-refractivity contribution in [1.82, 2.24) is 0 Å². The molecule has 0 fully saturated rings. The smallest absolute Gasteiger partial charge is 0.0491 e. The van der Waals surface area contributed by atoms with Gasteiger partial charge in [-0.3, -0.25) is 0 Å². The first-order valence-electron chi connectivity index (χ1n) is 3.84. The summed E-state index contributed by atoms with van der Waals surface area (Å²) >= 11 is 5.89. The van der Waals surface area contributed by atoms with Crippen molar-refractivity contribution in [3.05, 3.63) is 23.2 Å². The lowest BCUT2D eigenvalue weighted by molar-refractivity contribution is 1.43. The van der Waals surface area contributed by atoms with Gasteiger partial charge >= 0.3 is 0 Å². The van der Waals surface area contributed by atoms with Crippen LogP contribution in [0, 0.1) is 0 Å². The molecule has 0 atom stereocenters. The highest BCUT2D eigenvalue weighted by molar-refractivity contribution is 8.33. The molecule has 1 aliphatic rings. The van der Waals surface area contributed by atoms with Crippen LogP contribution in [0.1, 0.15) is 0 Å². The number of fused-ring (bicyclic) bond motifs is 1. The van der Waals surface area contributed by atoms with Crippen LogP contribution in [-0.2, 0) is 0 Å². The fraction of sp³-hybridized carbons (Fsp3) is 0.333. The highest BCUT2D eigenvalue weighted by atomic mass is 35.5. The van der Waals surface area contributed by atoms with Crippen LogP contribution in [0.4, 0.5) is 5.69 Å². The normalized spacial score (nSPS) is 21.2. The summed E-state index contributed by atoms with van der Waals surface area (Å²) in [6, 6.07) is 6.13. The van der Waals surface area contributed by atoms with E-state index in [2.05, 4.69) is 23.9 Å². The van der Waals surface area contributed by atoms with Gasteiger partial charge in [0.2, 0.25) is 0 Å². The third kappa shape index (κ3) is 1.19. The molecular weight excluding hydrogens is 190 g/mol. The summed E-state index contributed by atoms with van der Waals surface area (Å²) in [5.74, 6) is 1.09. The predicted molar refractivity (Wildman–Crippen MR) is 57.6 cm³/mol. The Hall–Kier alpha value is -0.340. The maximum absolute atomic E-state index is 5.89. The topological polar surface area (TPSA) is 12.0 Å². The van der Waals surface area contributed by atoms with Gasteiger partial charge in [-0.15, -0.1) is 0 Å². The van der Waals surface area contributed by atoms with E-state index in [1.54, 1.807) is 0 Å². The SMILES string of the molecule is CS1(C)CNc2cc(Cl)ccc21. The van der Waals surface area contributed by atoms with Gasteiger partial charge in [0.25, 0.3) is 0 Å². The van der Waals surface area contributed by atoms with Crippen LogP contribution in [0.2, 0.25) is 5.02 Å². The fourth-order valence-electron chi connectivity index (χ4n) is 1.46. The predicted octanol–water partition coefficient (Wildman–Crippen LogP) is 3.15. The Morgan fingerprint density at radius 1 is 1.42 bits per heavy atom. The highest BCUT2D eigenvalue weighted by Crippen LogP contribution is 2.56. The van der Waals surface area contributed by atoms with Gasteiger partial charge in [0.1, 0.15) is 0 Å². The molecule has 1 nitrogen and oxygen atoms in total. The molecule has 0 aromatic heterocycles. The molecule has 0 saturated heterocycles. The molecule has 0 unspecified atom stereocenters. The van der Waals surface area contributed by atoms with Crippen LogP contribution in [0.3, 0.4) is 0 Å². The Morgan fingerprint density at radius 2 is 2.17 bits per heavy atom. The number of halogens is 1. The van der Waals surface area contributed by atoms with Crippen LogP contribution >= 0.6 is 21.6 Å². The molecule has 1 heterocycles. The zero-order chi connectivity index (χ0) is 8.77. The molecule has 0 radical (unpaired) electrons. The van der Waals surface area contributed by atoms with E-state index in [1.807, 2.05) is 12.1 Å².